The van der Waals surface area contributed by atoms with Gasteiger partial charge in [0.05, 0.1) is 32.0 Å². The van der Waals surface area contributed by atoms with Crippen molar-refractivity contribution in [3.63, 3.8) is 0 Å². The molecule has 1 N–H and O–H groups in total. The summed E-state index contributed by atoms with van der Waals surface area (Å²) < 4.78 is 10.9. The van der Waals surface area contributed by atoms with Crippen LogP contribution in [-0.2, 0) is 0 Å². The van der Waals surface area contributed by atoms with Crippen molar-refractivity contribution in [1.82, 2.24) is 15.2 Å². The number of benzene rings is 1. The van der Waals surface area contributed by atoms with Crippen molar-refractivity contribution in [3.8, 4) is 11.5 Å². The van der Waals surface area contributed by atoms with Crippen molar-refractivity contribution in [2.75, 3.05) is 20.8 Å². The van der Waals surface area contributed by atoms with E-state index in [0.717, 1.165) is 35.6 Å². The highest BCUT2D eigenvalue weighted by Gasteiger charge is 2.32. The number of aromatic nitrogens is 1. The highest BCUT2D eigenvalue weighted by molar-refractivity contribution is 5.75. The van der Waals surface area contributed by atoms with E-state index in [9.17, 15) is 4.79 Å². The molecular formula is C20H25N3O3. The average molecular weight is 355 g/mol. The second kappa shape index (κ2) is 8.08. The molecule has 0 saturated carbocycles. The van der Waals surface area contributed by atoms with Gasteiger partial charge in [-0.05, 0) is 50.1 Å². The number of methoxy groups -OCH3 is 2. The van der Waals surface area contributed by atoms with Gasteiger partial charge in [0.15, 0.2) is 0 Å². The fourth-order valence-electron chi connectivity index (χ4n) is 3.41. The number of carbonyl (C=O) groups is 1. The minimum atomic E-state index is -0.155. The quantitative estimate of drug-likeness (QED) is 0.888. The van der Waals surface area contributed by atoms with Crippen molar-refractivity contribution in [2.45, 2.75) is 31.8 Å². The van der Waals surface area contributed by atoms with Gasteiger partial charge >= 0.3 is 6.03 Å². The molecule has 1 aromatic carbocycles. The molecule has 0 radical (unpaired) electrons. The molecule has 6 heteroatoms. The monoisotopic (exact) mass is 355 g/mol. The van der Waals surface area contributed by atoms with Crippen LogP contribution in [0.2, 0.25) is 0 Å². The number of pyridine rings is 1. The molecule has 2 atom stereocenters. The molecule has 2 aromatic rings. The van der Waals surface area contributed by atoms with E-state index in [1.54, 1.807) is 20.4 Å². The van der Waals surface area contributed by atoms with Crippen molar-refractivity contribution in [3.05, 3.63) is 53.9 Å². The molecule has 26 heavy (non-hydrogen) atoms. The number of amides is 2. The predicted octanol–water partition coefficient (Wildman–Crippen LogP) is 3.71. The lowest BCUT2D eigenvalue weighted by molar-refractivity contribution is 0.188. The molecule has 6 nitrogen and oxygen atoms in total. The summed E-state index contributed by atoms with van der Waals surface area (Å²) in [4.78, 5) is 19.1. The van der Waals surface area contributed by atoms with Gasteiger partial charge in [-0.2, -0.15) is 0 Å². The summed E-state index contributed by atoms with van der Waals surface area (Å²) in [6.07, 6.45) is 3.59. The molecule has 1 saturated heterocycles. The van der Waals surface area contributed by atoms with E-state index < -0.39 is 0 Å². The Labute approximate surface area is 154 Å². The Hall–Kier alpha value is -2.76. The van der Waals surface area contributed by atoms with Gasteiger partial charge in [0.2, 0.25) is 0 Å². The summed E-state index contributed by atoms with van der Waals surface area (Å²) in [5, 5.41) is 3.06. The van der Waals surface area contributed by atoms with E-state index in [2.05, 4.69) is 10.3 Å². The zero-order valence-electron chi connectivity index (χ0n) is 15.4. The zero-order chi connectivity index (χ0) is 18.5. The molecule has 0 spiro atoms. The smallest absolute Gasteiger partial charge is 0.318 e. The van der Waals surface area contributed by atoms with Crippen molar-refractivity contribution < 1.29 is 14.3 Å². The van der Waals surface area contributed by atoms with E-state index in [0.29, 0.717) is 6.54 Å². The third-order valence-electron chi connectivity index (χ3n) is 4.78. The lowest BCUT2D eigenvalue weighted by Gasteiger charge is -2.28. The molecule has 1 aliphatic heterocycles. The van der Waals surface area contributed by atoms with Gasteiger partial charge in [-0.25, -0.2) is 4.79 Å². The maximum atomic E-state index is 12.9. The Morgan fingerprint density at radius 3 is 2.81 bits per heavy atom. The molecule has 3 rings (SSSR count). The number of ether oxygens (including phenoxy) is 2. The lowest BCUT2D eigenvalue weighted by atomic mass is 10.0. The van der Waals surface area contributed by atoms with Crippen LogP contribution in [0.5, 0.6) is 11.5 Å². The number of hydrogen-bond acceptors (Lipinski definition) is 4. The summed E-state index contributed by atoms with van der Waals surface area (Å²) >= 11 is 0. The Morgan fingerprint density at radius 2 is 2.12 bits per heavy atom. The number of nitrogens with one attached hydrogen (secondary N) is 1. The molecule has 1 aliphatic rings. The first-order valence-electron chi connectivity index (χ1n) is 8.84. The number of nitrogens with zero attached hydrogens (tertiary/aromatic N) is 2. The SMILES string of the molecule is COc1ccc(OC)c(C2CCCN2C(=O)NC(C)c2ccccn2)c1. The van der Waals surface area contributed by atoms with Gasteiger partial charge in [0.25, 0.3) is 0 Å². The number of likely N-dealkylation sites (tertiary alicyclic amines) is 1. The van der Waals surface area contributed by atoms with Crippen LogP contribution in [0, 0.1) is 0 Å². The van der Waals surface area contributed by atoms with Crippen LogP contribution < -0.4 is 14.8 Å². The van der Waals surface area contributed by atoms with Crippen LogP contribution in [0.3, 0.4) is 0 Å². The summed E-state index contributed by atoms with van der Waals surface area (Å²) in [7, 11) is 3.28. The van der Waals surface area contributed by atoms with Crippen molar-refractivity contribution in [1.29, 1.82) is 0 Å². The molecule has 138 valence electrons. The van der Waals surface area contributed by atoms with Crippen LogP contribution >= 0.6 is 0 Å². The molecule has 1 aromatic heterocycles. The Balaban J connectivity index is 1.79. The lowest BCUT2D eigenvalue weighted by Crippen LogP contribution is -2.40. The van der Waals surface area contributed by atoms with Crippen LogP contribution in [0.15, 0.2) is 42.6 Å². The van der Waals surface area contributed by atoms with E-state index in [4.69, 9.17) is 9.47 Å². The van der Waals surface area contributed by atoms with Crippen LogP contribution in [-0.4, -0.2) is 36.7 Å². The number of urea groups is 1. The van der Waals surface area contributed by atoms with Gasteiger partial charge in [0, 0.05) is 18.3 Å². The van der Waals surface area contributed by atoms with E-state index >= 15 is 0 Å². The van der Waals surface area contributed by atoms with E-state index in [1.165, 1.54) is 0 Å². The summed E-state index contributed by atoms with van der Waals surface area (Å²) in [5.74, 6) is 1.53. The second-order valence-corrected chi connectivity index (χ2v) is 6.39. The number of rotatable bonds is 5. The normalized spacial score (nSPS) is 17.7. The molecule has 0 aliphatic carbocycles. The number of hydrogen-bond donors (Lipinski definition) is 1. The van der Waals surface area contributed by atoms with Gasteiger partial charge in [0.1, 0.15) is 11.5 Å². The first kappa shape index (κ1) is 18.0. The molecule has 0 bridgehead atoms. The second-order valence-electron chi connectivity index (χ2n) is 6.39. The third-order valence-corrected chi connectivity index (χ3v) is 4.78. The fourth-order valence-corrected chi connectivity index (χ4v) is 3.41. The first-order valence-corrected chi connectivity index (χ1v) is 8.84. The van der Waals surface area contributed by atoms with Crippen LogP contribution in [0.25, 0.3) is 0 Å². The maximum Gasteiger partial charge on any atom is 0.318 e. The van der Waals surface area contributed by atoms with Gasteiger partial charge in [-0.1, -0.05) is 6.07 Å². The maximum absolute atomic E-state index is 12.9. The third kappa shape index (κ3) is 3.74. The molecule has 1 fully saturated rings. The minimum Gasteiger partial charge on any atom is -0.497 e. The molecular weight excluding hydrogens is 330 g/mol. The molecule has 2 unspecified atom stereocenters. The van der Waals surface area contributed by atoms with E-state index in [1.807, 2.05) is 48.2 Å². The van der Waals surface area contributed by atoms with Crippen LogP contribution in [0.4, 0.5) is 4.79 Å². The highest BCUT2D eigenvalue weighted by atomic mass is 16.5. The summed E-state index contributed by atoms with van der Waals surface area (Å²) in [6.45, 7) is 2.66. The predicted molar refractivity (Wildman–Crippen MR) is 99.4 cm³/mol. The Bertz CT molecular complexity index is 751. The van der Waals surface area contributed by atoms with Crippen molar-refractivity contribution in [2.24, 2.45) is 0 Å². The minimum absolute atomic E-state index is 0.0315. The Morgan fingerprint density at radius 1 is 1.27 bits per heavy atom. The largest absolute Gasteiger partial charge is 0.497 e. The summed E-state index contributed by atoms with van der Waals surface area (Å²) in [6, 6.07) is 11.1. The number of carbonyl (C=O) groups excluding carboxylic acids is 1. The Kier molecular flexibility index (Phi) is 5.61. The van der Waals surface area contributed by atoms with Gasteiger partial charge in [-0.3, -0.25) is 4.98 Å². The fraction of sp³-hybridized carbons (Fsp3) is 0.400. The van der Waals surface area contributed by atoms with Crippen molar-refractivity contribution >= 4 is 6.03 Å². The first-order chi connectivity index (χ1) is 12.6. The molecule has 2 amide bonds. The zero-order valence-corrected chi connectivity index (χ0v) is 15.4. The molecule has 2 heterocycles. The van der Waals surface area contributed by atoms with E-state index in [-0.39, 0.29) is 18.1 Å². The van der Waals surface area contributed by atoms with Gasteiger partial charge < -0.3 is 19.7 Å². The van der Waals surface area contributed by atoms with Gasteiger partial charge in [-0.15, -0.1) is 0 Å². The highest BCUT2D eigenvalue weighted by Crippen LogP contribution is 2.39. The average Bonchev–Trinajstić information content (AvgIpc) is 3.18. The topological polar surface area (TPSA) is 63.7 Å². The standard InChI is InChI=1S/C20H25N3O3/c1-14(17-7-4-5-11-21-17)22-20(24)23-12-6-8-18(23)16-13-15(25-2)9-10-19(16)26-3/h4-5,7,9-11,13-14,18H,6,8,12H2,1-3H3,(H,22,24). The summed E-state index contributed by atoms with van der Waals surface area (Å²) in [5.41, 5.74) is 1.82. The van der Waals surface area contributed by atoms with Crippen LogP contribution in [0.1, 0.15) is 43.1 Å².